The van der Waals surface area contributed by atoms with Crippen molar-refractivity contribution in [2.24, 2.45) is 0 Å². The monoisotopic (exact) mass is 258 g/mol. The van der Waals surface area contributed by atoms with Crippen molar-refractivity contribution >= 4 is 15.9 Å². The molecule has 0 bridgehead atoms. The molecule has 78 valence electrons. The van der Waals surface area contributed by atoms with E-state index in [1.807, 2.05) is 18.2 Å². The maximum Gasteiger partial charge on any atom is 0.124 e. The fourth-order valence-corrected chi connectivity index (χ4v) is 1.55. The van der Waals surface area contributed by atoms with Crippen molar-refractivity contribution in [1.29, 1.82) is 0 Å². The minimum atomic E-state index is 0.0148. The third-order valence-corrected chi connectivity index (χ3v) is 2.44. The molecule has 1 aromatic rings. The van der Waals surface area contributed by atoms with Gasteiger partial charge in [-0.3, -0.25) is 0 Å². The first-order valence-corrected chi connectivity index (χ1v) is 5.59. The van der Waals surface area contributed by atoms with E-state index in [0.717, 1.165) is 28.6 Å². The van der Waals surface area contributed by atoms with Crippen LogP contribution in [0.4, 0.5) is 0 Å². The number of hydrogen-bond acceptors (Lipinski definition) is 2. The number of hydrogen-bond donors (Lipinski definition) is 1. The number of benzene rings is 1. The van der Waals surface area contributed by atoms with Gasteiger partial charge in [-0.25, -0.2) is 0 Å². The minimum Gasteiger partial charge on any atom is -0.493 e. The largest absolute Gasteiger partial charge is 0.493 e. The molecule has 0 aromatic heterocycles. The summed E-state index contributed by atoms with van der Waals surface area (Å²) in [6.45, 7) is 2.85. The van der Waals surface area contributed by atoms with Crippen LogP contribution in [0.5, 0.6) is 5.75 Å². The lowest BCUT2D eigenvalue weighted by atomic mass is 10.2. The SMILES string of the molecule is CCCCOc1ccc(Br)cc1CO. The van der Waals surface area contributed by atoms with Gasteiger partial charge in [0.1, 0.15) is 5.75 Å². The van der Waals surface area contributed by atoms with Gasteiger partial charge in [-0.15, -0.1) is 0 Å². The van der Waals surface area contributed by atoms with Gasteiger partial charge in [0.15, 0.2) is 0 Å². The maximum atomic E-state index is 9.10. The summed E-state index contributed by atoms with van der Waals surface area (Å²) in [7, 11) is 0. The Morgan fingerprint density at radius 3 is 2.86 bits per heavy atom. The van der Waals surface area contributed by atoms with Gasteiger partial charge in [0.05, 0.1) is 13.2 Å². The van der Waals surface area contributed by atoms with E-state index < -0.39 is 0 Å². The van der Waals surface area contributed by atoms with Crippen LogP contribution >= 0.6 is 15.9 Å². The van der Waals surface area contributed by atoms with E-state index in [1.54, 1.807) is 0 Å². The molecule has 0 spiro atoms. The van der Waals surface area contributed by atoms with Crippen LogP contribution < -0.4 is 4.74 Å². The predicted molar refractivity (Wildman–Crippen MR) is 60.5 cm³/mol. The highest BCUT2D eigenvalue weighted by atomic mass is 79.9. The Labute approximate surface area is 93.0 Å². The predicted octanol–water partition coefficient (Wildman–Crippen LogP) is 3.12. The first-order chi connectivity index (χ1) is 6.77. The normalized spacial score (nSPS) is 10.2. The minimum absolute atomic E-state index is 0.0148. The van der Waals surface area contributed by atoms with Crippen molar-refractivity contribution in [2.75, 3.05) is 6.61 Å². The standard InChI is InChI=1S/C11H15BrO2/c1-2-3-6-14-11-5-4-10(12)7-9(11)8-13/h4-5,7,13H,2-3,6,8H2,1H3. The summed E-state index contributed by atoms with van der Waals surface area (Å²) in [5, 5.41) is 9.10. The van der Waals surface area contributed by atoms with Gasteiger partial charge in [-0.2, -0.15) is 0 Å². The molecule has 0 radical (unpaired) electrons. The molecular weight excluding hydrogens is 244 g/mol. The van der Waals surface area contributed by atoms with Gasteiger partial charge in [-0.05, 0) is 24.6 Å². The van der Waals surface area contributed by atoms with Crippen molar-refractivity contribution in [3.8, 4) is 5.75 Å². The highest BCUT2D eigenvalue weighted by molar-refractivity contribution is 9.10. The molecule has 0 aliphatic heterocycles. The first-order valence-electron chi connectivity index (χ1n) is 4.80. The average molecular weight is 259 g/mol. The van der Waals surface area contributed by atoms with E-state index in [-0.39, 0.29) is 6.61 Å². The number of unbranched alkanes of at least 4 members (excludes halogenated alkanes) is 1. The molecule has 0 aliphatic carbocycles. The number of halogens is 1. The zero-order valence-electron chi connectivity index (χ0n) is 8.29. The summed E-state index contributed by atoms with van der Waals surface area (Å²) in [5.41, 5.74) is 0.829. The summed E-state index contributed by atoms with van der Waals surface area (Å²) in [6, 6.07) is 5.67. The molecule has 1 aromatic carbocycles. The number of aliphatic hydroxyl groups is 1. The molecule has 0 heterocycles. The first kappa shape index (κ1) is 11.5. The number of aliphatic hydroxyl groups excluding tert-OH is 1. The zero-order valence-corrected chi connectivity index (χ0v) is 9.88. The summed E-state index contributed by atoms with van der Waals surface area (Å²) >= 11 is 3.35. The van der Waals surface area contributed by atoms with Gasteiger partial charge >= 0.3 is 0 Å². The van der Waals surface area contributed by atoms with Crippen LogP contribution in [0.3, 0.4) is 0 Å². The van der Waals surface area contributed by atoms with E-state index in [4.69, 9.17) is 9.84 Å². The summed E-state index contributed by atoms with van der Waals surface area (Å²) in [4.78, 5) is 0. The number of rotatable bonds is 5. The highest BCUT2D eigenvalue weighted by Crippen LogP contribution is 2.23. The van der Waals surface area contributed by atoms with Gasteiger partial charge in [-0.1, -0.05) is 29.3 Å². The summed E-state index contributed by atoms with van der Waals surface area (Å²) < 4.78 is 6.50. The van der Waals surface area contributed by atoms with Crippen LogP contribution in [0.1, 0.15) is 25.3 Å². The van der Waals surface area contributed by atoms with Crippen LogP contribution in [0.25, 0.3) is 0 Å². The van der Waals surface area contributed by atoms with Crippen molar-refractivity contribution in [3.05, 3.63) is 28.2 Å². The Bertz CT molecular complexity index is 287. The topological polar surface area (TPSA) is 29.5 Å². The van der Waals surface area contributed by atoms with E-state index in [9.17, 15) is 0 Å². The lowest BCUT2D eigenvalue weighted by Gasteiger charge is -2.09. The molecule has 0 saturated carbocycles. The zero-order chi connectivity index (χ0) is 10.4. The Morgan fingerprint density at radius 1 is 1.43 bits per heavy atom. The molecule has 0 saturated heterocycles. The molecule has 0 atom stereocenters. The third-order valence-electron chi connectivity index (χ3n) is 1.95. The molecule has 1 N–H and O–H groups in total. The molecule has 1 rings (SSSR count). The Morgan fingerprint density at radius 2 is 2.21 bits per heavy atom. The highest BCUT2D eigenvalue weighted by Gasteiger charge is 2.02. The van der Waals surface area contributed by atoms with Crippen molar-refractivity contribution in [3.63, 3.8) is 0 Å². The molecule has 0 amide bonds. The molecule has 0 unspecified atom stereocenters. The van der Waals surface area contributed by atoms with Crippen LogP contribution in [0.2, 0.25) is 0 Å². The fourth-order valence-electron chi connectivity index (χ4n) is 1.14. The Hall–Kier alpha value is -0.540. The van der Waals surface area contributed by atoms with Crippen LogP contribution in [-0.2, 0) is 6.61 Å². The Balaban J connectivity index is 2.65. The van der Waals surface area contributed by atoms with Gasteiger partial charge < -0.3 is 9.84 Å². The molecule has 2 nitrogen and oxygen atoms in total. The van der Waals surface area contributed by atoms with Crippen LogP contribution in [-0.4, -0.2) is 11.7 Å². The fraction of sp³-hybridized carbons (Fsp3) is 0.455. The lowest BCUT2D eigenvalue weighted by Crippen LogP contribution is -1.99. The molecule has 0 aliphatic rings. The average Bonchev–Trinajstić information content (AvgIpc) is 2.20. The van der Waals surface area contributed by atoms with Crippen molar-refractivity contribution in [2.45, 2.75) is 26.4 Å². The van der Waals surface area contributed by atoms with Gasteiger partial charge in [0, 0.05) is 10.0 Å². The third kappa shape index (κ3) is 3.31. The molecule has 14 heavy (non-hydrogen) atoms. The second kappa shape index (κ2) is 6.04. The second-order valence-electron chi connectivity index (χ2n) is 3.11. The second-order valence-corrected chi connectivity index (χ2v) is 4.03. The van der Waals surface area contributed by atoms with E-state index in [2.05, 4.69) is 22.9 Å². The van der Waals surface area contributed by atoms with Gasteiger partial charge in [0.2, 0.25) is 0 Å². The van der Waals surface area contributed by atoms with Crippen molar-refractivity contribution < 1.29 is 9.84 Å². The maximum absolute atomic E-state index is 9.10. The van der Waals surface area contributed by atoms with E-state index in [1.165, 1.54) is 0 Å². The smallest absolute Gasteiger partial charge is 0.124 e. The molecule has 0 fully saturated rings. The quantitative estimate of drug-likeness (QED) is 0.823. The van der Waals surface area contributed by atoms with Crippen molar-refractivity contribution in [1.82, 2.24) is 0 Å². The lowest BCUT2D eigenvalue weighted by molar-refractivity contribution is 0.261. The van der Waals surface area contributed by atoms with E-state index >= 15 is 0 Å². The van der Waals surface area contributed by atoms with E-state index in [0.29, 0.717) is 6.61 Å². The molecule has 3 heteroatoms. The molecular formula is C11H15BrO2. The summed E-state index contributed by atoms with van der Waals surface area (Å²) in [6.07, 6.45) is 2.16. The number of ether oxygens (including phenoxy) is 1. The van der Waals surface area contributed by atoms with Crippen LogP contribution in [0.15, 0.2) is 22.7 Å². The Kier molecular flexibility index (Phi) is 4.98. The van der Waals surface area contributed by atoms with Crippen LogP contribution in [0, 0.1) is 0 Å². The summed E-state index contributed by atoms with van der Waals surface area (Å²) in [5.74, 6) is 0.782. The van der Waals surface area contributed by atoms with Gasteiger partial charge in [0.25, 0.3) is 0 Å².